The molecule has 4 aromatic rings. The highest BCUT2D eigenvalue weighted by Gasteiger charge is 2.17. The molecule has 0 saturated heterocycles. The Morgan fingerprint density at radius 2 is 1.85 bits per heavy atom. The second-order valence-corrected chi connectivity index (χ2v) is 9.67. The monoisotopic (exact) mass is 599 g/mol. The van der Waals surface area contributed by atoms with Gasteiger partial charge in [-0.15, -0.1) is 10.2 Å². The maximum absolute atomic E-state index is 12.4. The molecule has 0 atom stereocenters. The van der Waals surface area contributed by atoms with Crippen molar-refractivity contribution in [3.05, 3.63) is 87.3 Å². The third kappa shape index (κ3) is 5.94. The smallest absolute Gasteiger partial charge is 0.250 e. The van der Waals surface area contributed by atoms with Crippen LogP contribution < -0.4 is 10.2 Å². The van der Waals surface area contributed by atoms with Crippen molar-refractivity contribution in [2.45, 2.75) is 5.16 Å². The van der Waals surface area contributed by atoms with E-state index in [2.05, 4.69) is 52.6 Å². The molecule has 4 rings (SSSR count). The van der Waals surface area contributed by atoms with E-state index < -0.39 is 0 Å². The highest BCUT2D eigenvalue weighted by molar-refractivity contribution is 9.10. The lowest BCUT2D eigenvalue weighted by atomic mass is 10.2. The van der Waals surface area contributed by atoms with Crippen molar-refractivity contribution < 1.29 is 9.53 Å². The number of methoxy groups -OCH3 is 1. The Kier molecular flexibility index (Phi) is 8.15. The molecule has 0 radical (unpaired) electrons. The van der Waals surface area contributed by atoms with Crippen molar-refractivity contribution in [3.63, 3.8) is 0 Å². The number of benzene rings is 3. The third-order valence-electron chi connectivity index (χ3n) is 4.66. The number of amides is 1. The summed E-state index contributed by atoms with van der Waals surface area (Å²) in [4.78, 5) is 12.4. The first kappa shape index (κ1) is 24.2. The van der Waals surface area contributed by atoms with E-state index in [1.54, 1.807) is 13.3 Å². The number of rotatable bonds is 8. The molecular weight excluding hydrogens is 582 g/mol. The van der Waals surface area contributed by atoms with Crippen LogP contribution in [0.4, 0.5) is 0 Å². The van der Waals surface area contributed by atoms with Crippen LogP contribution >= 0.6 is 43.6 Å². The Morgan fingerprint density at radius 3 is 2.56 bits per heavy atom. The van der Waals surface area contributed by atoms with Gasteiger partial charge in [0.15, 0.2) is 11.0 Å². The molecule has 1 N–H and O–H groups in total. The summed E-state index contributed by atoms with van der Waals surface area (Å²) >= 11 is 8.19. The van der Waals surface area contributed by atoms with Crippen LogP contribution in [0.15, 0.2) is 92.0 Å². The van der Waals surface area contributed by atoms with E-state index >= 15 is 0 Å². The van der Waals surface area contributed by atoms with E-state index in [1.165, 1.54) is 11.8 Å². The minimum atomic E-state index is -0.250. The first-order valence-electron chi connectivity index (χ1n) is 10.1. The van der Waals surface area contributed by atoms with E-state index in [-0.39, 0.29) is 11.7 Å². The molecule has 34 heavy (non-hydrogen) atoms. The van der Waals surface area contributed by atoms with Crippen LogP contribution in [0.1, 0.15) is 5.56 Å². The molecule has 172 valence electrons. The van der Waals surface area contributed by atoms with Gasteiger partial charge in [-0.2, -0.15) is 5.10 Å². The molecule has 0 aliphatic carbocycles. The number of nitrogens with one attached hydrogen (secondary N) is 1. The van der Waals surface area contributed by atoms with Crippen LogP contribution in [0.5, 0.6) is 5.75 Å². The zero-order valence-electron chi connectivity index (χ0n) is 18.0. The molecule has 0 saturated carbocycles. The molecule has 0 bridgehead atoms. The average Bonchev–Trinajstić information content (AvgIpc) is 3.28. The largest absolute Gasteiger partial charge is 0.496 e. The van der Waals surface area contributed by atoms with Gasteiger partial charge in [0, 0.05) is 15.7 Å². The summed E-state index contributed by atoms with van der Waals surface area (Å²) in [7, 11) is 1.60. The van der Waals surface area contributed by atoms with Crippen LogP contribution in [0.25, 0.3) is 17.1 Å². The van der Waals surface area contributed by atoms with Gasteiger partial charge in [-0.05, 0) is 64.0 Å². The molecule has 1 heterocycles. The summed E-state index contributed by atoms with van der Waals surface area (Å²) in [6, 6.07) is 23.2. The van der Waals surface area contributed by atoms with Crippen LogP contribution in [-0.4, -0.2) is 39.7 Å². The quantitative estimate of drug-likeness (QED) is 0.159. The first-order chi connectivity index (χ1) is 16.5. The topological polar surface area (TPSA) is 81.4 Å². The van der Waals surface area contributed by atoms with Crippen molar-refractivity contribution in [1.29, 1.82) is 0 Å². The number of aromatic nitrogens is 3. The highest BCUT2D eigenvalue weighted by Crippen LogP contribution is 2.28. The molecule has 0 spiro atoms. The lowest BCUT2D eigenvalue weighted by Gasteiger charge is -2.10. The number of carbonyl (C=O) groups excluding carboxylic acids is 1. The lowest BCUT2D eigenvalue weighted by Crippen LogP contribution is -2.20. The maximum Gasteiger partial charge on any atom is 0.250 e. The Balaban J connectivity index is 1.47. The van der Waals surface area contributed by atoms with E-state index in [1.807, 2.05) is 77.4 Å². The number of hydrogen-bond donors (Lipinski definition) is 1. The second-order valence-electron chi connectivity index (χ2n) is 6.96. The molecule has 1 aromatic heterocycles. The van der Waals surface area contributed by atoms with Crippen molar-refractivity contribution >= 4 is 55.7 Å². The fraction of sp³-hybridized carbons (Fsp3) is 0.0833. The van der Waals surface area contributed by atoms with Gasteiger partial charge < -0.3 is 4.74 Å². The van der Waals surface area contributed by atoms with Gasteiger partial charge in [-0.3, -0.25) is 9.36 Å². The summed E-state index contributed by atoms with van der Waals surface area (Å²) < 4.78 is 8.94. The summed E-state index contributed by atoms with van der Waals surface area (Å²) in [5.41, 5.74) is 5.21. The SMILES string of the molecule is COc1ccc(/C=N/NC(=O)CSc2nnc(-c3ccccc3)n2-c2ccc(Br)cc2)cc1Br. The van der Waals surface area contributed by atoms with Crippen LogP contribution in [0.3, 0.4) is 0 Å². The minimum absolute atomic E-state index is 0.132. The van der Waals surface area contributed by atoms with E-state index in [9.17, 15) is 4.79 Å². The zero-order chi connectivity index (χ0) is 23.9. The summed E-state index contributed by atoms with van der Waals surface area (Å²) in [6.07, 6.45) is 1.57. The number of ether oxygens (including phenoxy) is 1. The van der Waals surface area contributed by atoms with E-state index in [4.69, 9.17) is 4.74 Å². The van der Waals surface area contributed by atoms with Crippen molar-refractivity contribution in [3.8, 4) is 22.8 Å². The summed E-state index contributed by atoms with van der Waals surface area (Å²) in [5.74, 6) is 1.31. The van der Waals surface area contributed by atoms with E-state index in [0.717, 1.165) is 31.5 Å². The van der Waals surface area contributed by atoms with Gasteiger partial charge in [0.05, 0.1) is 23.5 Å². The number of carbonyl (C=O) groups is 1. The molecule has 10 heteroatoms. The standard InChI is InChI=1S/C24H19Br2N5O2S/c1-33-21-12-7-16(13-20(21)26)14-27-28-22(32)15-34-24-30-29-23(17-5-3-2-4-6-17)31(24)19-10-8-18(25)9-11-19/h2-14H,15H2,1H3,(H,28,32)/b27-14+. The summed E-state index contributed by atoms with van der Waals surface area (Å²) in [5, 5.41) is 13.4. The average molecular weight is 601 g/mol. The van der Waals surface area contributed by atoms with Gasteiger partial charge in [-0.1, -0.05) is 58.0 Å². The minimum Gasteiger partial charge on any atom is -0.496 e. The predicted octanol–water partition coefficient (Wildman–Crippen LogP) is 5.71. The number of nitrogens with zero attached hydrogens (tertiary/aromatic N) is 4. The van der Waals surface area contributed by atoms with Crippen molar-refractivity contribution in [1.82, 2.24) is 20.2 Å². The Hall–Kier alpha value is -2.95. The van der Waals surface area contributed by atoms with Crippen molar-refractivity contribution in [2.24, 2.45) is 5.10 Å². The molecule has 0 aliphatic rings. The highest BCUT2D eigenvalue weighted by atomic mass is 79.9. The van der Waals surface area contributed by atoms with Gasteiger partial charge in [-0.25, -0.2) is 5.43 Å². The first-order valence-corrected chi connectivity index (χ1v) is 12.7. The predicted molar refractivity (Wildman–Crippen MR) is 142 cm³/mol. The van der Waals surface area contributed by atoms with Gasteiger partial charge in [0.25, 0.3) is 5.91 Å². The van der Waals surface area contributed by atoms with Crippen LogP contribution in [0.2, 0.25) is 0 Å². The van der Waals surface area contributed by atoms with Gasteiger partial charge >= 0.3 is 0 Å². The molecule has 0 aliphatic heterocycles. The summed E-state index contributed by atoms with van der Waals surface area (Å²) in [6.45, 7) is 0. The molecular formula is C24H19Br2N5O2S. The Labute approximate surface area is 217 Å². The fourth-order valence-electron chi connectivity index (χ4n) is 3.06. The zero-order valence-corrected chi connectivity index (χ0v) is 22.0. The second kappa shape index (κ2) is 11.5. The molecule has 0 fully saturated rings. The fourth-order valence-corrected chi connectivity index (χ4v) is 4.63. The Bertz CT molecular complexity index is 1310. The number of halogens is 2. The lowest BCUT2D eigenvalue weighted by molar-refractivity contribution is -0.118. The molecule has 3 aromatic carbocycles. The molecule has 1 amide bonds. The van der Waals surface area contributed by atoms with Gasteiger partial charge in [0.1, 0.15) is 5.75 Å². The van der Waals surface area contributed by atoms with Crippen LogP contribution in [0, 0.1) is 0 Å². The van der Waals surface area contributed by atoms with Crippen LogP contribution in [-0.2, 0) is 4.79 Å². The maximum atomic E-state index is 12.4. The Morgan fingerprint density at radius 1 is 1.09 bits per heavy atom. The number of hydrogen-bond acceptors (Lipinski definition) is 6. The third-order valence-corrected chi connectivity index (χ3v) is 6.74. The number of thioether (sulfide) groups is 1. The molecule has 7 nitrogen and oxygen atoms in total. The molecule has 0 unspecified atom stereocenters. The van der Waals surface area contributed by atoms with Crippen molar-refractivity contribution in [2.75, 3.05) is 12.9 Å². The van der Waals surface area contributed by atoms with Gasteiger partial charge in [0.2, 0.25) is 0 Å². The normalized spacial score (nSPS) is 11.0. The number of hydrazone groups is 1. The van der Waals surface area contributed by atoms with E-state index in [0.29, 0.717) is 11.0 Å².